The zero-order valence-electron chi connectivity index (χ0n) is 11.0. The van der Waals surface area contributed by atoms with Gasteiger partial charge < -0.3 is 14.2 Å². The fourth-order valence-electron chi connectivity index (χ4n) is 1.57. The number of nitrogens with zero attached hydrogens (tertiary/aromatic N) is 1. The third-order valence-electron chi connectivity index (χ3n) is 2.42. The second-order valence-corrected chi connectivity index (χ2v) is 3.62. The lowest BCUT2D eigenvalue weighted by Gasteiger charge is -2.13. The van der Waals surface area contributed by atoms with Crippen LogP contribution in [0.15, 0.2) is 18.2 Å². The summed E-state index contributed by atoms with van der Waals surface area (Å²) >= 11 is 0. The van der Waals surface area contributed by atoms with Crippen molar-refractivity contribution < 1.29 is 27.4 Å². The number of benzene rings is 1. The molecule has 0 radical (unpaired) electrons. The number of methoxy groups -OCH3 is 3. The maximum Gasteiger partial charge on any atom is 0.411 e. The van der Waals surface area contributed by atoms with Crippen molar-refractivity contribution in [2.24, 2.45) is 0 Å². The molecule has 1 aromatic rings. The number of alkyl halides is 3. The molecule has 0 aromatic heterocycles. The molecule has 1 aromatic carbocycles. The molecule has 1 rings (SSSR count). The first-order valence-corrected chi connectivity index (χ1v) is 5.36. The molecular formula is C13H12F3NO3. The van der Waals surface area contributed by atoms with Crippen LogP contribution in [0.2, 0.25) is 0 Å². The van der Waals surface area contributed by atoms with E-state index in [4.69, 9.17) is 19.5 Å². The van der Waals surface area contributed by atoms with Gasteiger partial charge >= 0.3 is 6.18 Å². The van der Waals surface area contributed by atoms with Gasteiger partial charge in [-0.25, -0.2) is 0 Å². The van der Waals surface area contributed by atoms with Gasteiger partial charge in [0.05, 0.1) is 33.0 Å². The Morgan fingerprint density at radius 2 is 1.55 bits per heavy atom. The highest BCUT2D eigenvalue weighted by molar-refractivity contribution is 5.82. The van der Waals surface area contributed by atoms with Crippen LogP contribution in [0, 0.1) is 11.3 Å². The van der Waals surface area contributed by atoms with Crippen molar-refractivity contribution >= 4 is 5.57 Å². The maximum absolute atomic E-state index is 12.4. The molecule has 0 heterocycles. The van der Waals surface area contributed by atoms with Crippen LogP contribution in [-0.4, -0.2) is 27.5 Å². The SMILES string of the molecule is COc1cc(OC)c(/C(C#N)=C/C(F)(F)F)cc1OC. The maximum atomic E-state index is 12.4. The van der Waals surface area contributed by atoms with Gasteiger partial charge in [-0.05, 0) is 6.07 Å². The van der Waals surface area contributed by atoms with Crippen molar-refractivity contribution in [2.45, 2.75) is 6.18 Å². The number of hydrogen-bond acceptors (Lipinski definition) is 4. The molecule has 0 spiro atoms. The van der Waals surface area contributed by atoms with E-state index in [0.29, 0.717) is 0 Å². The number of halogens is 3. The van der Waals surface area contributed by atoms with E-state index >= 15 is 0 Å². The van der Waals surface area contributed by atoms with E-state index in [-0.39, 0.29) is 28.9 Å². The summed E-state index contributed by atoms with van der Waals surface area (Å²) in [5, 5.41) is 8.91. The quantitative estimate of drug-likeness (QED) is 0.798. The van der Waals surface area contributed by atoms with Gasteiger partial charge in [0.15, 0.2) is 11.5 Å². The smallest absolute Gasteiger partial charge is 0.411 e. The molecule has 0 saturated carbocycles. The van der Waals surface area contributed by atoms with Gasteiger partial charge in [0.1, 0.15) is 5.75 Å². The Labute approximate surface area is 114 Å². The van der Waals surface area contributed by atoms with Crippen molar-refractivity contribution in [1.82, 2.24) is 0 Å². The predicted molar refractivity (Wildman–Crippen MR) is 65.7 cm³/mol. The second kappa shape index (κ2) is 6.19. The van der Waals surface area contributed by atoms with E-state index in [1.54, 1.807) is 0 Å². The van der Waals surface area contributed by atoms with Crippen LogP contribution < -0.4 is 14.2 Å². The number of allylic oxidation sites excluding steroid dienone is 2. The van der Waals surface area contributed by atoms with E-state index < -0.39 is 11.7 Å². The van der Waals surface area contributed by atoms with E-state index in [9.17, 15) is 13.2 Å². The minimum atomic E-state index is -4.61. The minimum absolute atomic E-state index is 0.0232. The molecule has 0 aliphatic heterocycles. The average Bonchev–Trinajstić information content (AvgIpc) is 2.42. The van der Waals surface area contributed by atoms with E-state index in [0.717, 1.165) is 0 Å². The Morgan fingerprint density at radius 1 is 1.05 bits per heavy atom. The topological polar surface area (TPSA) is 51.5 Å². The van der Waals surface area contributed by atoms with Crippen LogP contribution in [0.5, 0.6) is 17.2 Å². The van der Waals surface area contributed by atoms with Crippen LogP contribution >= 0.6 is 0 Å². The molecule has 0 fully saturated rings. The highest BCUT2D eigenvalue weighted by atomic mass is 19.4. The van der Waals surface area contributed by atoms with Gasteiger partial charge in [0.2, 0.25) is 0 Å². The van der Waals surface area contributed by atoms with Gasteiger partial charge in [0.25, 0.3) is 0 Å². The van der Waals surface area contributed by atoms with Crippen LogP contribution in [0.1, 0.15) is 5.56 Å². The highest BCUT2D eigenvalue weighted by Crippen LogP contribution is 2.38. The molecule has 0 unspecified atom stereocenters. The molecule has 0 aliphatic carbocycles. The minimum Gasteiger partial charge on any atom is -0.496 e. The fourth-order valence-corrected chi connectivity index (χ4v) is 1.57. The molecule has 108 valence electrons. The van der Waals surface area contributed by atoms with Gasteiger partial charge in [0, 0.05) is 17.7 Å². The molecule has 20 heavy (non-hydrogen) atoms. The lowest BCUT2D eigenvalue weighted by atomic mass is 10.0. The summed E-state index contributed by atoms with van der Waals surface area (Å²) in [7, 11) is 4.01. The summed E-state index contributed by atoms with van der Waals surface area (Å²) in [6, 6.07) is 4.12. The lowest BCUT2D eigenvalue weighted by molar-refractivity contribution is -0.0792. The Hall–Kier alpha value is -2.36. The number of rotatable bonds is 4. The second-order valence-electron chi connectivity index (χ2n) is 3.62. The van der Waals surface area contributed by atoms with Crippen LogP contribution in [0.25, 0.3) is 5.57 Å². The predicted octanol–water partition coefficient (Wildman–Crippen LogP) is 3.18. The third-order valence-corrected chi connectivity index (χ3v) is 2.42. The van der Waals surface area contributed by atoms with Gasteiger partial charge in [-0.3, -0.25) is 0 Å². The normalized spacial score (nSPS) is 11.8. The molecule has 0 amide bonds. The molecule has 7 heteroatoms. The largest absolute Gasteiger partial charge is 0.496 e. The standard InChI is InChI=1S/C13H12F3NO3/c1-18-10-5-12(20-3)11(19-2)4-9(10)8(7-17)6-13(14,15)16/h4-6H,1-3H3/b8-6+. The summed E-state index contributed by atoms with van der Waals surface area (Å²) < 4.78 is 52.3. The van der Waals surface area contributed by atoms with Crippen LogP contribution in [0.3, 0.4) is 0 Å². The summed E-state index contributed by atoms with van der Waals surface area (Å²) in [5.41, 5.74) is -0.597. The van der Waals surface area contributed by atoms with Crippen molar-refractivity contribution in [3.8, 4) is 23.3 Å². The zero-order valence-corrected chi connectivity index (χ0v) is 11.0. The molecule has 0 N–H and O–H groups in total. The number of hydrogen-bond donors (Lipinski definition) is 0. The average molecular weight is 287 g/mol. The molecule has 0 bridgehead atoms. The van der Waals surface area contributed by atoms with Gasteiger partial charge in [-0.2, -0.15) is 18.4 Å². The molecule has 0 atom stereocenters. The van der Waals surface area contributed by atoms with Crippen molar-refractivity contribution in [2.75, 3.05) is 21.3 Å². The van der Waals surface area contributed by atoms with Gasteiger partial charge in [-0.1, -0.05) is 0 Å². The summed E-state index contributed by atoms with van der Waals surface area (Å²) in [6.07, 6.45) is -4.69. The van der Waals surface area contributed by atoms with E-state index in [1.165, 1.54) is 39.5 Å². The van der Waals surface area contributed by atoms with E-state index in [1.807, 2.05) is 0 Å². The Bertz CT molecular complexity index is 559. The Kier molecular flexibility index (Phi) is 4.86. The molecule has 0 saturated heterocycles. The first-order chi connectivity index (χ1) is 9.36. The zero-order chi connectivity index (χ0) is 15.3. The third kappa shape index (κ3) is 3.57. The van der Waals surface area contributed by atoms with Crippen molar-refractivity contribution in [1.29, 1.82) is 5.26 Å². The monoisotopic (exact) mass is 287 g/mol. The van der Waals surface area contributed by atoms with E-state index in [2.05, 4.69) is 0 Å². The highest BCUT2D eigenvalue weighted by Gasteiger charge is 2.26. The molecular weight excluding hydrogens is 275 g/mol. The van der Waals surface area contributed by atoms with Crippen LogP contribution in [-0.2, 0) is 0 Å². The van der Waals surface area contributed by atoms with Crippen molar-refractivity contribution in [3.63, 3.8) is 0 Å². The fraction of sp³-hybridized carbons (Fsp3) is 0.308. The first kappa shape index (κ1) is 15.7. The first-order valence-electron chi connectivity index (χ1n) is 5.36. The van der Waals surface area contributed by atoms with Crippen molar-refractivity contribution in [3.05, 3.63) is 23.8 Å². The molecule has 4 nitrogen and oxygen atoms in total. The van der Waals surface area contributed by atoms with Gasteiger partial charge in [-0.15, -0.1) is 0 Å². The Morgan fingerprint density at radius 3 is 1.95 bits per heavy atom. The lowest BCUT2D eigenvalue weighted by Crippen LogP contribution is -2.04. The Balaban J connectivity index is 3.50. The summed E-state index contributed by atoms with van der Waals surface area (Å²) in [5.74, 6) is 0.573. The van der Waals surface area contributed by atoms with Crippen LogP contribution in [0.4, 0.5) is 13.2 Å². The molecule has 0 aliphatic rings. The summed E-state index contributed by atoms with van der Waals surface area (Å²) in [6.45, 7) is 0. The summed E-state index contributed by atoms with van der Waals surface area (Å²) in [4.78, 5) is 0. The number of ether oxygens (including phenoxy) is 3. The number of nitriles is 1.